The molecule has 0 spiro atoms. The van der Waals surface area contributed by atoms with Gasteiger partial charge in [-0.15, -0.1) is 0 Å². The van der Waals surface area contributed by atoms with Crippen LogP contribution in [0.25, 0.3) is 11.3 Å². The molecule has 0 unspecified atom stereocenters. The molecule has 5 heterocycles. The third-order valence-electron chi connectivity index (χ3n) is 12.2. The molecule has 3 aliphatic rings. The monoisotopic (exact) mass is 906 g/mol. The molecular formula is C46H53FN11O4S2+. The number of piperidine rings is 1. The fourth-order valence-corrected chi connectivity index (χ4v) is 9.51. The molecule has 4 amide bonds. The lowest BCUT2D eigenvalue weighted by atomic mass is 9.95. The van der Waals surface area contributed by atoms with Gasteiger partial charge >= 0.3 is 17.8 Å². The van der Waals surface area contributed by atoms with E-state index in [0.717, 1.165) is 97.1 Å². The fraction of sp³-hybridized carbons (Fsp3) is 0.413. The van der Waals surface area contributed by atoms with Crippen molar-refractivity contribution in [3.8, 4) is 11.3 Å². The number of anilines is 5. The van der Waals surface area contributed by atoms with Gasteiger partial charge in [0, 0.05) is 111 Å². The molecule has 3 aromatic carbocycles. The van der Waals surface area contributed by atoms with Gasteiger partial charge in [-0.2, -0.15) is 4.98 Å². The lowest BCUT2D eigenvalue weighted by Gasteiger charge is -2.40. The van der Waals surface area contributed by atoms with Gasteiger partial charge in [-0.1, -0.05) is 35.9 Å². The Morgan fingerprint density at radius 3 is 2.36 bits per heavy atom. The Kier molecular flexibility index (Phi) is 13.3. The summed E-state index contributed by atoms with van der Waals surface area (Å²) in [5.41, 5.74) is 5.60. The predicted octanol–water partition coefficient (Wildman–Crippen LogP) is 7.14. The Hall–Kier alpha value is -5.98. The molecule has 8 rings (SSSR count). The van der Waals surface area contributed by atoms with Gasteiger partial charge in [0.1, 0.15) is 18.0 Å². The van der Waals surface area contributed by atoms with Gasteiger partial charge < -0.3 is 19.6 Å². The lowest BCUT2D eigenvalue weighted by Crippen LogP contribution is -2.49. The van der Waals surface area contributed by atoms with Crippen molar-refractivity contribution in [1.82, 2.24) is 30.3 Å². The summed E-state index contributed by atoms with van der Waals surface area (Å²) in [7, 11) is 0.798. The summed E-state index contributed by atoms with van der Waals surface area (Å²) in [5.74, 6) is 0.135. The van der Waals surface area contributed by atoms with E-state index in [1.165, 1.54) is 16.3 Å². The van der Waals surface area contributed by atoms with Crippen molar-refractivity contribution < 1.29 is 27.2 Å². The molecule has 64 heavy (non-hydrogen) atoms. The number of nitrogens with zero attached hydrogens (tertiary/aromatic N) is 9. The second-order valence-electron chi connectivity index (χ2n) is 17.7. The zero-order valence-corrected chi connectivity index (χ0v) is 38.3. The van der Waals surface area contributed by atoms with Crippen LogP contribution in [0.2, 0.25) is 0 Å². The summed E-state index contributed by atoms with van der Waals surface area (Å²) < 4.78 is 22.6. The molecule has 0 radical (unpaired) electrons. The molecule has 18 heteroatoms. The molecule has 0 bridgehead atoms. The number of piperazine rings is 1. The first kappa shape index (κ1) is 44.6. The molecule has 0 aliphatic carbocycles. The van der Waals surface area contributed by atoms with Crippen molar-refractivity contribution in [3.63, 3.8) is 0 Å². The molecule has 1 atom stereocenters. The summed E-state index contributed by atoms with van der Waals surface area (Å²) in [5, 5.41) is 9.75. The van der Waals surface area contributed by atoms with Gasteiger partial charge in [0.15, 0.2) is 11.9 Å². The van der Waals surface area contributed by atoms with Crippen LogP contribution in [0.5, 0.6) is 0 Å². The van der Waals surface area contributed by atoms with E-state index in [9.17, 15) is 14.4 Å². The van der Waals surface area contributed by atoms with Crippen LogP contribution >= 0.6 is 0 Å². The van der Waals surface area contributed by atoms with Gasteiger partial charge in [-0.05, 0) is 85.8 Å². The van der Waals surface area contributed by atoms with E-state index >= 15 is 4.39 Å². The fourth-order valence-electron chi connectivity index (χ4n) is 8.54. The van der Waals surface area contributed by atoms with E-state index < -0.39 is 23.2 Å². The minimum absolute atomic E-state index is 0.174. The minimum atomic E-state index is -0.600. The van der Waals surface area contributed by atoms with Gasteiger partial charge in [0.2, 0.25) is 16.0 Å². The standard InChI is InChI=1S/C46H52FN11O4S2/c1-29-23-37(38(47)25-36(29)30(2)58(64-63)43(60)42-52-44(53-62-42)46(3,4)5)39-26-40(49-28-48-39)50-32-7-6-8-35(24-32)56-21-19-54(20-22-56)27-31-13-16-55(17-14-31)33-9-11-34(12-10-33)57-18-15-41(59)51-45(57)61/h6-12,23-26,28,30-31H,13-22,27H2,1-5H3,(H-,48,49,50,51,59,61)/p+1/t30-/m1/s1. The Morgan fingerprint density at radius 1 is 0.953 bits per heavy atom. The van der Waals surface area contributed by atoms with Crippen molar-refractivity contribution >= 4 is 67.7 Å². The number of nitrogens with one attached hydrogen (secondary N) is 2. The third-order valence-corrected chi connectivity index (χ3v) is 13.4. The normalized spacial score (nSPS) is 17.0. The first-order valence-electron chi connectivity index (χ1n) is 21.6. The van der Waals surface area contributed by atoms with Crippen LogP contribution in [-0.2, 0) is 31.5 Å². The summed E-state index contributed by atoms with van der Waals surface area (Å²) in [4.78, 5) is 59.4. The highest BCUT2D eigenvalue weighted by molar-refractivity contribution is 8.11. The highest BCUT2D eigenvalue weighted by Crippen LogP contribution is 2.32. The van der Waals surface area contributed by atoms with E-state index in [-0.39, 0.29) is 17.8 Å². The van der Waals surface area contributed by atoms with Gasteiger partial charge in [-0.25, -0.2) is 23.9 Å². The Labute approximate surface area is 380 Å². The van der Waals surface area contributed by atoms with Crippen molar-refractivity contribution in [3.05, 3.63) is 102 Å². The summed E-state index contributed by atoms with van der Waals surface area (Å²) in [6, 6.07) is 20.3. The molecule has 334 valence electrons. The molecular weight excluding hydrogens is 854 g/mol. The van der Waals surface area contributed by atoms with E-state index in [0.29, 0.717) is 47.3 Å². The summed E-state index contributed by atoms with van der Waals surface area (Å²) in [6.07, 6.45) is 3.99. The number of benzene rings is 3. The molecule has 3 saturated heterocycles. The molecule has 5 aromatic rings. The van der Waals surface area contributed by atoms with Crippen LogP contribution in [0.4, 0.5) is 37.8 Å². The van der Waals surface area contributed by atoms with Crippen molar-refractivity contribution in [2.45, 2.75) is 65.3 Å². The van der Waals surface area contributed by atoms with Crippen LogP contribution in [-0.4, -0.2) is 99.2 Å². The van der Waals surface area contributed by atoms with Crippen LogP contribution < -0.4 is 25.3 Å². The Morgan fingerprint density at radius 2 is 1.67 bits per heavy atom. The van der Waals surface area contributed by atoms with Gasteiger partial charge in [0.05, 0.1) is 16.9 Å². The SMILES string of the molecule is Cc1cc(-c2cc(Nc3cccc(N4CCN(CC5CCN(c6ccc(N7CCC(=O)NC7=O)cc6)CC5)CC4)c3)ncn2)c(F)cc1[C@@H](C)[N+](=S=S)C(=O)c1nc(C(C)(C)C)no1. The van der Waals surface area contributed by atoms with Crippen LogP contribution in [0, 0.1) is 18.7 Å². The number of halogens is 1. The Bertz CT molecular complexity index is 2600. The number of imide groups is 1. The maximum Gasteiger partial charge on any atom is 0.491 e. The maximum atomic E-state index is 16.0. The number of rotatable bonds is 11. The second kappa shape index (κ2) is 19.0. The second-order valence-corrected chi connectivity index (χ2v) is 18.7. The van der Waals surface area contributed by atoms with E-state index in [2.05, 4.69) is 69.7 Å². The smallest absolute Gasteiger partial charge is 0.372 e. The molecule has 2 N–H and O–H groups in total. The lowest BCUT2D eigenvalue weighted by molar-refractivity contribution is -0.446. The Balaban J connectivity index is 0.835. The number of amides is 4. The largest absolute Gasteiger partial charge is 0.491 e. The highest BCUT2D eigenvalue weighted by Gasteiger charge is 2.36. The van der Waals surface area contributed by atoms with E-state index in [1.54, 1.807) is 24.0 Å². The first-order valence-corrected chi connectivity index (χ1v) is 23.3. The van der Waals surface area contributed by atoms with Gasteiger partial charge in [0.25, 0.3) is 0 Å². The number of carbonyl (C=O) groups is 3. The van der Waals surface area contributed by atoms with Crippen LogP contribution in [0.15, 0.2) is 77.6 Å². The van der Waals surface area contributed by atoms with Crippen molar-refractivity contribution in [2.75, 3.05) is 72.4 Å². The molecule has 3 aliphatic heterocycles. The predicted molar refractivity (Wildman–Crippen MR) is 248 cm³/mol. The first-order chi connectivity index (χ1) is 30.7. The zero-order valence-electron chi connectivity index (χ0n) is 36.7. The van der Waals surface area contributed by atoms with E-state index in [1.807, 2.05) is 52.0 Å². The number of hydrogen-bond donors (Lipinski definition) is 2. The molecule has 3 fully saturated rings. The highest BCUT2D eigenvalue weighted by atomic mass is 32.8. The number of hydrogen-bond acceptors (Lipinski definition) is 13. The third kappa shape index (κ3) is 10.0. The maximum absolute atomic E-state index is 16.0. The average molecular weight is 907 g/mol. The average Bonchev–Trinajstić information content (AvgIpc) is 3.80. The van der Waals surface area contributed by atoms with Crippen LogP contribution in [0.3, 0.4) is 0 Å². The summed E-state index contributed by atoms with van der Waals surface area (Å²) in [6.45, 7) is 16.7. The van der Waals surface area contributed by atoms with E-state index in [4.69, 9.17) is 15.7 Å². The minimum Gasteiger partial charge on any atom is -0.372 e. The molecule has 15 nitrogen and oxygen atoms in total. The molecule has 2 aromatic heterocycles. The number of aryl methyl sites for hydroxylation is 1. The topological polar surface area (TPSA) is 156 Å². The zero-order chi connectivity index (χ0) is 45.1. The summed E-state index contributed by atoms with van der Waals surface area (Å²) >= 11 is 5.26. The number of aromatic nitrogens is 4. The molecule has 0 saturated carbocycles. The number of carbonyl (C=O) groups excluding carboxylic acids is 3. The number of urea groups is 1. The quantitative estimate of drug-likeness (QED) is 0.129. The van der Waals surface area contributed by atoms with Gasteiger partial charge in [-0.3, -0.25) is 19.9 Å². The van der Waals surface area contributed by atoms with Crippen LogP contribution in [0.1, 0.15) is 80.6 Å². The van der Waals surface area contributed by atoms with Crippen molar-refractivity contribution in [1.29, 1.82) is 0 Å². The van der Waals surface area contributed by atoms with Crippen molar-refractivity contribution in [2.24, 2.45) is 5.92 Å².